The van der Waals surface area contributed by atoms with E-state index in [9.17, 15) is 4.79 Å². The van der Waals surface area contributed by atoms with Gasteiger partial charge >= 0.3 is 0 Å². The minimum absolute atomic E-state index is 0.145. The van der Waals surface area contributed by atoms with Crippen molar-refractivity contribution in [2.75, 3.05) is 32.1 Å². The number of anilines is 1. The van der Waals surface area contributed by atoms with Gasteiger partial charge in [0.1, 0.15) is 0 Å². The maximum Gasteiger partial charge on any atom is 0.227 e. The number of hydrogen-bond donors (Lipinski definition) is 1. The van der Waals surface area contributed by atoms with E-state index < -0.39 is 0 Å². The highest BCUT2D eigenvalue weighted by Gasteiger charge is 2.29. The topological polar surface area (TPSA) is 41.6 Å². The lowest BCUT2D eigenvalue weighted by atomic mass is 10.1. The molecular weight excluding hydrogens is 240 g/mol. The van der Waals surface area contributed by atoms with Gasteiger partial charge in [0.05, 0.1) is 12.7 Å². The molecule has 4 nitrogen and oxygen atoms in total. The number of benzene rings is 1. The zero-order valence-electron chi connectivity index (χ0n) is 11.3. The van der Waals surface area contributed by atoms with Crippen LogP contribution in [0.25, 0.3) is 0 Å². The Morgan fingerprint density at radius 2 is 2.05 bits per heavy atom. The van der Waals surface area contributed by atoms with Gasteiger partial charge in [0.25, 0.3) is 0 Å². The summed E-state index contributed by atoms with van der Waals surface area (Å²) in [5, 5.41) is 2.95. The van der Waals surface area contributed by atoms with Gasteiger partial charge in [-0.25, -0.2) is 0 Å². The summed E-state index contributed by atoms with van der Waals surface area (Å²) in [6, 6.07) is 8.03. The molecule has 1 unspecified atom stereocenters. The third-order valence-electron chi connectivity index (χ3n) is 3.77. The summed E-state index contributed by atoms with van der Waals surface area (Å²) in [5.74, 6) is 0.399. The number of nitrogens with one attached hydrogen (secondary N) is 1. The van der Waals surface area contributed by atoms with E-state index in [1.807, 2.05) is 24.3 Å². The molecule has 2 aliphatic rings. The normalized spacial score (nSPS) is 24.2. The summed E-state index contributed by atoms with van der Waals surface area (Å²) in [4.78, 5) is 13.9. The molecule has 1 atom stereocenters. The number of amides is 1. The van der Waals surface area contributed by atoms with E-state index in [1.165, 1.54) is 5.56 Å². The van der Waals surface area contributed by atoms with Crippen LogP contribution in [-0.2, 0) is 9.53 Å². The highest BCUT2D eigenvalue weighted by atomic mass is 16.5. The molecule has 1 saturated heterocycles. The van der Waals surface area contributed by atoms with Crippen molar-refractivity contribution in [3.63, 3.8) is 0 Å². The quantitative estimate of drug-likeness (QED) is 0.904. The molecule has 3 rings (SSSR count). The van der Waals surface area contributed by atoms with Gasteiger partial charge < -0.3 is 15.0 Å². The van der Waals surface area contributed by atoms with Gasteiger partial charge in [0.15, 0.2) is 0 Å². The molecule has 4 heteroatoms. The molecule has 1 heterocycles. The van der Waals surface area contributed by atoms with Gasteiger partial charge in [0.2, 0.25) is 5.91 Å². The summed E-state index contributed by atoms with van der Waals surface area (Å²) in [5.41, 5.74) is 2.06. The monoisotopic (exact) mass is 260 g/mol. The number of likely N-dealkylation sites (N-methyl/N-ethyl adjacent to an activating group) is 1. The van der Waals surface area contributed by atoms with Gasteiger partial charge in [-0.3, -0.25) is 4.79 Å². The maximum atomic E-state index is 11.7. The van der Waals surface area contributed by atoms with Crippen LogP contribution in [0.3, 0.4) is 0 Å². The molecule has 0 radical (unpaired) electrons. The Labute approximate surface area is 113 Å². The molecule has 0 spiro atoms. The third-order valence-corrected chi connectivity index (χ3v) is 3.77. The van der Waals surface area contributed by atoms with E-state index in [0.29, 0.717) is 0 Å². The third kappa shape index (κ3) is 3.14. The number of morpholine rings is 1. The lowest BCUT2D eigenvalue weighted by Crippen LogP contribution is -2.35. The van der Waals surface area contributed by atoms with Crippen LogP contribution in [-0.4, -0.2) is 37.6 Å². The molecule has 102 valence electrons. The van der Waals surface area contributed by atoms with E-state index in [0.717, 1.165) is 38.2 Å². The number of nitrogens with zero attached hydrogens (tertiary/aromatic N) is 1. The summed E-state index contributed by atoms with van der Waals surface area (Å²) in [7, 11) is 2.11. The van der Waals surface area contributed by atoms with Crippen LogP contribution in [0.5, 0.6) is 0 Å². The average Bonchev–Trinajstić information content (AvgIpc) is 3.24. The Bertz CT molecular complexity index is 454. The number of ether oxygens (including phenoxy) is 1. The minimum atomic E-state index is 0.145. The first-order chi connectivity index (χ1) is 9.22. The fourth-order valence-electron chi connectivity index (χ4n) is 2.35. The Kier molecular flexibility index (Phi) is 3.53. The fourth-order valence-corrected chi connectivity index (χ4v) is 2.35. The van der Waals surface area contributed by atoms with Gasteiger partial charge in [-0.2, -0.15) is 0 Å². The molecule has 1 aromatic carbocycles. The number of carbonyl (C=O) groups is 1. The Balaban J connectivity index is 1.62. The van der Waals surface area contributed by atoms with Crippen molar-refractivity contribution in [3.05, 3.63) is 29.8 Å². The predicted molar refractivity (Wildman–Crippen MR) is 74.0 cm³/mol. The second kappa shape index (κ2) is 5.31. The molecule has 1 N–H and O–H groups in total. The molecule has 0 aromatic heterocycles. The van der Waals surface area contributed by atoms with Crippen molar-refractivity contribution in [2.45, 2.75) is 18.9 Å². The molecule has 0 bridgehead atoms. The van der Waals surface area contributed by atoms with Crippen molar-refractivity contribution in [1.82, 2.24) is 4.90 Å². The van der Waals surface area contributed by atoms with Crippen LogP contribution in [0.1, 0.15) is 24.5 Å². The van der Waals surface area contributed by atoms with Crippen LogP contribution >= 0.6 is 0 Å². The Morgan fingerprint density at radius 1 is 1.32 bits per heavy atom. The zero-order valence-corrected chi connectivity index (χ0v) is 11.3. The lowest BCUT2D eigenvalue weighted by molar-refractivity contribution is -0.117. The molecule has 1 saturated carbocycles. The Hall–Kier alpha value is -1.39. The van der Waals surface area contributed by atoms with E-state index in [-0.39, 0.29) is 17.9 Å². The summed E-state index contributed by atoms with van der Waals surface area (Å²) >= 11 is 0. The molecule has 2 fully saturated rings. The molecule has 1 aliphatic heterocycles. The highest BCUT2D eigenvalue weighted by molar-refractivity contribution is 5.93. The van der Waals surface area contributed by atoms with Crippen molar-refractivity contribution >= 4 is 11.6 Å². The van der Waals surface area contributed by atoms with Crippen LogP contribution < -0.4 is 5.32 Å². The van der Waals surface area contributed by atoms with Crippen LogP contribution in [0.15, 0.2) is 24.3 Å². The van der Waals surface area contributed by atoms with E-state index in [1.54, 1.807) is 0 Å². The van der Waals surface area contributed by atoms with Gasteiger partial charge in [-0.1, -0.05) is 12.1 Å². The standard InChI is InChI=1S/C15H20N2O2/c1-17-8-9-19-14(10-17)11-4-6-13(7-5-11)16-15(18)12-2-3-12/h4-7,12,14H,2-3,8-10H2,1H3,(H,16,18). The second-order valence-corrected chi connectivity index (χ2v) is 5.51. The number of carbonyl (C=O) groups excluding carboxylic acids is 1. The molecular formula is C15H20N2O2. The van der Waals surface area contributed by atoms with Crippen LogP contribution in [0.2, 0.25) is 0 Å². The molecule has 1 aliphatic carbocycles. The minimum Gasteiger partial charge on any atom is -0.371 e. The summed E-state index contributed by atoms with van der Waals surface area (Å²) in [6.07, 6.45) is 2.21. The van der Waals surface area contributed by atoms with Crippen molar-refractivity contribution in [3.8, 4) is 0 Å². The van der Waals surface area contributed by atoms with Crippen molar-refractivity contribution in [1.29, 1.82) is 0 Å². The largest absolute Gasteiger partial charge is 0.371 e. The average molecular weight is 260 g/mol. The lowest BCUT2D eigenvalue weighted by Gasteiger charge is -2.30. The first-order valence-corrected chi connectivity index (χ1v) is 6.93. The van der Waals surface area contributed by atoms with E-state index >= 15 is 0 Å². The Morgan fingerprint density at radius 3 is 2.68 bits per heavy atom. The van der Waals surface area contributed by atoms with Crippen LogP contribution in [0, 0.1) is 5.92 Å². The summed E-state index contributed by atoms with van der Waals surface area (Å²) < 4.78 is 5.77. The molecule has 1 aromatic rings. The van der Waals surface area contributed by atoms with E-state index in [2.05, 4.69) is 17.3 Å². The number of rotatable bonds is 3. The smallest absolute Gasteiger partial charge is 0.227 e. The summed E-state index contributed by atoms with van der Waals surface area (Å²) in [6.45, 7) is 2.70. The van der Waals surface area contributed by atoms with Crippen LogP contribution in [0.4, 0.5) is 5.69 Å². The zero-order chi connectivity index (χ0) is 13.2. The maximum absolute atomic E-state index is 11.7. The molecule has 19 heavy (non-hydrogen) atoms. The van der Waals surface area contributed by atoms with E-state index in [4.69, 9.17) is 4.74 Å². The predicted octanol–water partition coefficient (Wildman–Crippen LogP) is 2.04. The first-order valence-electron chi connectivity index (χ1n) is 6.93. The second-order valence-electron chi connectivity index (χ2n) is 5.51. The first kappa shape index (κ1) is 12.6. The SMILES string of the molecule is CN1CCOC(c2ccc(NC(=O)C3CC3)cc2)C1. The fraction of sp³-hybridized carbons (Fsp3) is 0.533. The van der Waals surface area contributed by atoms with Gasteiger partial charge in [-0.05, 0) is 37.6 Å². The van der Waals surface area contributed by atoms with Crippen molar-refractivity contribution in [2.24, 2.45) is 5.92 Å². The van der Waals surface area contributed by atoms with Gasteiger partial charge in [0, 0.05) is 24.7 Å². The highest BCUT2D eigenvalue weighted by Crippen LogP contribution is 2.30. The van der Waals surface area contributed by atoms with Crippen molar-refractivity contribution < 1.29 is 9.53 Å². The number of hydrogen-bond acceptors (Lipinski definition) is 3. The molecule has 1 amide bonds. The van der Waals surface area contributed by atoms with Gasteiger partial charge in [-0.15, -0.1) is 0 Å².